The van der Waals surface area contributed by atoms with E-state index < -0.39 is 0 Å². The van der Waals surface area contributed by atoms with Gasteiger partial charge in [-0.1, -0.05) is 75.0 Å². The zero-order valence-corrected chi connectivity index (χ0v) is 17.1. The molecule has 0 aliphatic heterocycles. The predicted octanol–water partition coefficient (Wildman–Crippen LogP) is 6.44. The summed E-state index contributed by atoms with van der Waals surface area (Å²) in [6.45, 7) is 26.1. The zero-order valence-electron chi connectivity index (χ0n) is 17.1. The van der Waals surface area contributed by atoms with Crippen LogP contribution in [0.3, 0.4) is 0 Å². The summed E-state index contributed by atoms with van der Waals surface area (Å²) in [4.78, 5) is 5.00. The lowest BCUT2D eigenvalue weighted by Crippen LogP contribution is -2.23. The number of hydrogen-bond donors (Lipinski definition) is 0. The fraction of sp³-hybridized carbons (Fsp3) is 0.667. The third kappa shape index (κ3) is 5.37. The summed E-state index contributed by atoms with van der Waals surface area (Å²) >= 11 is 0. The maximum Gasteiger partial charge on any atom is 0.148 e. The Morgan fingerprint density at radius 2 is 1.48 bits per heavy atom. The minimum Gasteiger partial charge on any atom is -0.491 e. The molecule has 0 aliphatic carbocycles. The van der Waals surface area contributed by atoms with Gasteiger partial charge in [0, 0.05) is 22.1 Å². The monoisotopic (exact) mass is 319 g/mol. The van der Waals surface area contributed by atoms with Gasteiger partial charge in [-0.15, -0.1) is 0 Å². The number of ether oxygens (including phenoxy) is 1. The quantitative estimate of drug-likeness (QED) is 0.636. The van der Waals surface area contributed by atoms with E-state index in [1.807, 2.05) is 19.9 Å². The number of rotatable bonds is 4. The van der Waals surface area contributed by atoms with Gasteiger partial charge in [0.15, 0.2) is 0 Å². The van der Waals surface area contributed by atoms with E-state index >= 15 is 0 Å². The average molecular weight is 320 g/mol. The maximum absolute atomic E-state index is 6.05. The Bertz CT molecular complexity index is 516. The smallest absolute Gasteiger partial charge is 0.148 e. The molecule has 1 aromatic rings. The van der Waals surface area contributed by atoms with E-state index in [-0.39, 0.29) is 10.8 Å². The van der Waals surface area contributed by atoms with E-state index in [9.17, 15) is 0 Å². The number of nitrogens with zero attached hydrogens (tertiary/aromatic N) is 1. The van der Waals surface area contributed by atoms with Gasteiger partial charge in [0.1, 0.15) is 5.75 Å². The minimum atomic E-state index is -0.0610. The molecule has 1 aromatic heterocycles. The molecule has 2 nitrogen and oxygen atoms in total. The summed E-state index contributed by atoms with van der Waals surface area (Å²) in [6.07, 6.45) is 2.90. The summed E-state index contributed by atoms with van der Waals surface area (Å²) < 4.78 is 6.05. The molecule has 0 saturated carbocycles. The van der Waals surface area contributed by atoms with E-state index in [1.54, 1.807) is 0 Å². The van der Waals surface area contributed by atoms with Crippen LogP contribution in [0.1, 0.15) is 91.2 Å². The largest absolute Gasteiger partial charge is 0.491 e. The van der Waals surface area contributed by atoms with Crippen molar-refractivity contribution in [1.82, 2.24) is 4.98 Å². The van der Waals surface area contributed by atoms with Gasteiger partial charge < -0.3 is 4.74 Å². The van der Waals surface area contributed by atoms with Crippen LogP contribution in [0.15, 0.2) is 6.58 Å². The first-order chi connectivity index (χ1) is 10.5. The highest BCUT2D eigenvalue weighted by Crippen LogP contribution is 2.39. The average Bonchev–Trinajstić information content (AvgIpc) is 2.44. The number of aromatic nitrogens is 1. The molecule has 132 valence electrons. The topological polar surface area (TPSA) is 22.1 Å². The normalized spacial score (nSPS) is 11.6. The lowest BCUT2D eigenvalue weighted by atomic mass is 9.83. The molecule has 23 heavy (non-hydrogen) atoms. The Balaban J connectivity index is 0.00000232. The molecule has 0 N–H and O–H groups in total. The number of hydrogen-bond acceptors (Lipinski definition) is 2. The second-order valence-electron chi connectivity index (χ2n) is 7.73. The lowest BCUT2D eigenvalue weighted by Gasteiger charge is -2.29. The third-order valence-corrected chi connectivity index (χ3v) is 3.52. The molecule has 1 rings (SSSR count). The molecular formula is C21H37NO. The van der Waals surface area contributed by atoms with Crippen molar-refractivity contribution in [1.29, 1.82) is 0 Å². The van der Waals surface area contributed by atoms with Crippen LogP contribution in [0, 0.1) is 6.92 Å². The second-order valence-corrected chi connectivity index (χ2v) is 7.73. The fourth-order valence-electron chi connectivity index (χ4n) is 2.51. The van der Waals surface area contributed by atoms with Crippen molar-refractivity contribution in [2.45, 2.75) is 86.5 Å². The molecule has 0 atom stereocenters. The Labute approximate surface area is 144 Å². The Morgan fingerprint density at radius 3 is 1.83 bits per heavy atom. The van der Waals surface area contributed by atoms with Crippen LogP contribution in [0.5, 0.6) is 5.75 Å². The van der Waals surface area contributed by atoms with Crippen LogP contribution in [0.2, 0.25) is 0 Å². The molecule has 0 unspecified atom stereocenters. The lowest BCUT2D eigenvalue weighted by molar-refractivity contribution is 0.304. The third-order valence-electron chi connectivity index (χ3n) is 3.52. The molecule has 0 aliphatic rings. The maximum atomic E-state index is 6.05. The van der Waals surface area contributed by atoms with Gasteiger partial charge in [-0.3, -0.25) is 4.98 Å². The minimum absolute atomic E-state index is 0.00509. The van der Waals surface area contributed by atoms with Crippen molar-refractivity contribution in [3.63, 3.8) is 0 Å². The second kappa shape index (κ2) is 8.52. The molecule has 0 bridgehead atoms. The fourth-order valence-corrected chi connectivity index (χ4v) is 2.51. The van der Waals surface area contributed by atoms with Gasteiger partial charge in [-0.2, -0.15) is 0 Å². The Morgan fingerprint density at radius 1 is 1.00 bits per heavy atom. The van der Waals surface area contributed by atoms with Gasteiger partial charge in [-0.25, -0.2) is 0 Å². The molecule has 0 saturated heterocycles. The van der Waals surface area contributed by atoms with E-state index in [0.29, 0.717) is 6.61 Å². The summed E-state index contributed by atoms with van der Waals surface area (Å²) in [7, 11) is 0. The van der Waals surface area contributed by atoms with Crippen LogP contribution in [-0.4, -0.2) is 11.6 Å². The van der Waals surface area contributed by atoms with Crippen molar-refractivity contribution < 1.29 is 4.74 Å². The van der Waals surface area contributed by atoms with E-state index in [2.05, 4.69) is 62.0 Å². The van der Waals surface area contributed by atoms with Crippen LogP contribution >= 0.6 is 0 Å². The first-order valence-corrected chi connectivity index (χ1v) is 8.84. The van der Waals surface area contributed by atoms with Crippen LogP contribution < -0.4 is 4.74 Å². The first-order valence-electron chi connectivity index (χ1n) is 8.84. The van der Waals surface area contributed by atoms with Crippen LogP contribution in [0.4, 0.5) is 0 Å². The van der Waals surface area contributed by atoms with Crippen molar-refractivity contribution in [3.8, 4) is 5.75 Å². The summed E-state index contributed by atoms with van der Waals surface area (Å²) in [5.74, 6) is 0.907. The van der Waals surface area contributed by atoms with Crippen LogP contribution in [-0.2, 0) is 10.8 Å². The SMILES string of the molecule is C=Cc1c(C)c(C(C)(C)C)nc(C(C)(C)C)c1OCCC.CC. The van der Waals surface area contributed by atoms with Gasteiger partial charge >= 0.3 is 0 Å². The Kier molecular flexibility index (Phi) is 8.03. The number of pyridine rings is 1. The van der Waals surface area contributed by atoms with Crippen LogP contribution in [0.25, 0.3) is 6.08 Å². The van der Waals surface area contributed by atoms with Gasteiger partial charge in [-0.05, 0) is 18.9 Å². The standard InChI is InChI=1S/C19H31NO.C2H6/c1-10-12-21-15-14(11-2)13(3)16(18(4,5)6)20-17(15)19(7,8)9;1-2/h11H,2,10,12H2,1,3-9H3;1-2H3. The molecule has 1 heterocycles. The summed E-state index contributed by atoms with van der Waals surface area (Å²) in [5.41, 5.74) is 4.37. The highest BCUT2D eigenvalue weighted by atomic mass is 16.5. The first kappa shape index (κ1) is 21.7. The van der Waals surface area contributed by atoms with Gasteiger partial charge in [0.05, 0.1) is 12.3 Å². The molecule has 0 radical (unpaired) electrons. The van der Waals surface area contributed by atoms with Crippen molar-refractivity contribution in [2.75, 3.05) is 6.61 Å². The predicted molar refractivity (Wildman–Crippen MR) is 104 cm³/mol. The van der Waals surface area contributed by atoms with E-state index in [4.69, 9.17) is 9.72 Å². The van der Waals surface area contributed by atoms with Crippen molar-refractivity contribution in [3.05, 3.63) is 29.1 Å². The van der Waals surface area contributed by atoms with Gasteiger partial charge in [0.25, 0.3) is 0 Å². The van der Waals surface area contributed by atoms with Crippen molar-refractivity contribution >= 4 is 6.08 Å². The molecular weight excluding hydrogens is 282 g/mol. The highest BCUT2D eigenvalue weighted by molar-refractivity contribution is 5.63. The van der Waals surface area contributed by atoms with Gasteiger partial charge in [0.2, 0.25) is 0 Å². The molecule has 2 heteroatoms. The zero-order chi connectivity index (χ0) is 18.4. The molecule has 0 aromatic carbocycles. The van der Waals surface area contributed by atoms with E-state index in [0.717, 1.165) is 29.1 Å². The molecule has 0 spiro atoms. The molecule has 0 amide bonds. The summed E-state index contributed by atoms with van der Waals surface area (Å²) in [6, 6.07) is 0. The summed E-state index contributed by atoms with van der Waals surface area (Å²) in [5, 5.41) is 0. The highest BCUT2D eigenvalue weighted by Gasteiger charge is 2.29. The molecule has 0 fully saturated rings. The van der Waals surface area contributed by atoms with Crippen molar-refractivity contribution in [2.24, 2.45) is 0 Å². The van der Waals surface area contributed by atoms with E-state index in [1.165, 1.54) is 5.56 Å². The Hall–Kier alpha value is -1.31.